The third kappa shape index (κ3) is 5.75. The van der Waals surface area contributed by atoms with Gasteiger partial charge in [0, 0.05) is 5.69 Å². The second-order valence-corrected chi connectivity index (χ2v) is 12.3. The molecular weight excluding hydrogens is 465 g/mol. The maximum Gasteiger partial charge on any atom is 0.230 e. The highest BCUT2D eigenvalue weighted by atomic mass is 32.2. The second-order valence-electron chi connectivity index (χ2n) is 9.16. The minimum atomic E-state index is -3.11. The van der Waals surface area contributed by atoms with E-state index in [1.807, 2.05) is 4.57 Å². The standard InChI is InChI=1S/C22H30FN5O3S2/c1-16(27-11-4-3-5-12-27)20-25-26-21(28(20)18-8-6-17(23)7-9-18)32-14-19(29)24-22(2)10-13-33(30,31)15-22/h6-9,16H,3-5,10-15H2,1-2H3,(H,24,29)/t16-,22+/m1/s1. The van der Waals surface area contributed by atoms with Crippen LogP contribution in [0.1, 0.15) is 51.4 Å². The summed E-state index contributed by atoms with van der Waals surface area (Å²) in [6.07, 6.45) is 3.93. The van der Waals surface area contributed by atoms with Crippen molar-refractivity contribution in [3.8, 4) is 5.69 Å². The van der Waals surface area contributed by atoms with Gasteiger partial charge in [0.25, 0.3) is 0 Å². The molecule has 11 heteroatoms. The van der Waals surface area contributed by atoms with Gasteiger partial charge in [-0.25, -0.2) is 12.8 Å². The molecule has 0 aliphatic carbocycles. The van der Waals surface area contributed by atoms with Crippen LogP contribution in [0.5, 0.6) is 0 Å². The Morgan fingerprint density at radius 3 is 2.55 bits per heavy atom. The number of hydrogen-bond donors (Lipinski definition) is 1. The molecule has 0 saturated carbocycles. The molecule has 0 spiro atoms. The number of carbonyl (C=O) groups is 1. The van der Waals surface area contributed by atoms with Crippen molar-refractivity contribution in [3.63, 3.8) is 0 Å². The first-order valence-electron chi connectivity index (χ1n) is 11.3. The SMILES string of the molecule is C[C@H](c1nnc(SCC(=O)N[C@@]2(C)CCS(=O)(=O)C2)n1-c1ccc(F)cc1)N1CCCCC1. The molecule has 1 amide bonds. The van der Waals surface area contributed by atoms with E-state index in [1.165, 1.54) is 30.3 Å². The molecule has 2 aliphatic rings. The highest BCUT2D eigenvalue weighted by Gasteiger charge is 2.39. The van der Waals surface area contributed by atoms with Crippen molar-refractivity contribution in [1.29, 1.82) is 0 Å². The molecule has 2 atom stereocenters. The molecule has 3 heterocycles. The molecule has 2 aliphatic heterocycles. The van der Waals surface area contributed by atoms with Crippen LogP contribution in [-0.4, -0.2) is 69.9 Å². The van der Waals surface area contributed by atoms with Crippen molar-refractivity contribution in [3.05, 3.63) is 35.9 Å². The number of nitrogens with zero attached hydrogens (tertiary/aromatic N) is 4. The molecule has 4 rings (SSSR count). The fraction of sp³-hybridized carbons (Fsp3) is 0.591. The van der Waals surface area contributed by atoms with Gasteiger partial charge in [-0.15, -0.1) is 10.2 Å². The van der Waals surface area contributed by atoms with Crippen LogP contribution < -0.4 is 5.32 Å². The van der Waals surface area contributed by atoms with Gasteiger partial charge in [-0.2, -0.15) is 0 Å². The number of halogens is 1. The van der Waals surface area contributed by atoms with E-state index in [0.717, 1.165) is 37.4 Å². The predicted molar refractivity (Wildman–Crippen MR) is 126 cm³/mol. The van der Waals surface area contributed by atoms with E-state index >= 15 is 0 Å². The van der Waals surface area contributed by atoms with Crippen LogP contribution in [0.15, 0.2) is 29.4 Å². The molecule has 2 saturated heterocycles. The third-order valence-corrected chi connectivity index (χ3v) is 9.16. The number of rotatable bonds is 7. The summed E-state index contributed by atoms with van der Waals surface area (Å²) in [6, 6.07) is 6.17. The van der Waals surface area contributed by atoms with Crippen LogP contribution >= 0.6 is 11.8 Å². The smallest absolute Gasteiger partial charge is 0.230 e. The lowest BCUT2D eigenvalue weighted by Gasteiger charge is -2.31. The summed E-state index contributed by atoms with van der Waals surface area (Å²) in [5.41, 5.74) is -0.00768. The first-order valence-corrected chi connectivity index (χ1v) is 14.1. The van der Waals surface area contributed by atoms with E-state index < -0.39 is 15.4 Å². The number of piperidine rings is 1. The predicted octanol–water partition coefficient (Wildman–Crippen LogP) is 2.74. The molecule has 8 nitrogen and oxygen atoms in total. The van der Waals surface area contributed by atoms with Gasteiger partial charge in [-0.05, 0) is 70.5 Å². The van der Waals surface area contributed by atoms with E-state index in [2.05, 4.69) is 27.3 Å². The van der Waals surface area contributed by atoms with Gasteiger partial charge in [0.05, 0.1) is 28.8 Å². The summed E-state index contributed by atoms with van der Waals surface area (Å²) in [5, 5.41) is 12.2. The van der Waals surface area contributed by atoms with Gasteiger partial charge in [-0.1, -0.05) is 18.2 Å². The minimum Gasteiger partial charge on any atom is -0.349 e. The van der Waals surface area contributed by atoms with E-state index in [9.17, 15) is 17.6 Å². The summed E-state index contributed by atoms with van der Waals surface area (Å²) in [4.78, 5) is 15.0. The van der Waals surface area contributed by atoms with Gasteiger partial charge in [0.15, 0.2) is 20.8 Å². The van der Waals surface area contributed by atoms with Gasteiger partial charge in [-0.3, -0.25) is 14.3 Å². The first-order chi connectivity index (χ1) is 15.7. The van der Waals surface area contributed by atoms with Crippen molar-refractivity contribution in [2.45, 2.75) is 56.3 Å². The summed E-state index contributed by atoms with van der Waals surface area (Å²) in [6.45, 7) is 5.84. The summed E-state index contributed by atoms with van der Waals surface area (Å²) < 4.78 is 39.1. The monoisotopic (exact) mass is 495 g/mol. The van der Waals surface area contributed by atoms with E-state index in [1.54, 1.807) is 19.1 Å². The quantitative estimate of drug-likeness (QED) is 0.590. The van der Waals surface area contributed by atoms with Crippen molar-refractivity contribution in [2.24, 2.45) is 0 Å². The summed E-state index contributed by atoms with van der Waals surface area (Å²) >= 11 is 1.24. The van der Waals surface area contributed by atoms with Crippen LogP contribution in [0.2, 0.25) is 0 Å². The lowest BCUT2D eigenvalue weighted by atomic mass is 10.0. The van der Waals surface area contributed by atoms with Crippen LogP contribution in [0.25, 0.3) is 5.69 Å². The number of sulfone groups is 1. The molecule has 0 unspecified atom stereocenters. The van der Waals surface area contributed by atoms with Crippen LogP contribution in [-0.2, 0) is 14.6 Å². The number of likely N-dealkylation sites (tertiary alicyclic amines) is 1. The molecule has 0 radical (unpaired) electrons. The van der Waals surface area contributed by atoms with Crippen molar-refractivity contribution in [2.75, 3.05) is 30.3 Å². The van der Waals surface area contributed by atoms with Gasteiger partial charge in [0.1, 0.15) is 5.82 Å². The Morgan fingerprint density at radius 2 is 1.91 bits per heavy atom. The Hall–Kier alpha value is -1.98. The average molecular weight is 496 g/mol. The molecule has 33 heavy (non-hydrogen) atoms. The van der Waals surface area contributed by atoms with Gasteiger partial charge in [0.2, 0.25) is 5.91 Å². The Bertz CT molecular complexity index is 1100. The number of aromatic nitrogens is 3. The fourth-order valence-electron chi connectivity index (χ4n) is 4.56. The molecule has 2 aromatic rings. The zero-order valence-electron chi connectivity index (χ0n) is 19.0. The minimum absolute atomic E-state index is 0.0219. The van der Waals surface area contributed by atoms with Crippen molar-refractivity contribution < 1.29 is 17.6 Å². The van der Waals surface area contributed by atoms with E-state index in [0.29, 0.717) is 11.6 Å². The zero-order chi connectivity index (χ0) is 23.6. The molecular formula is C22H30FN5O3S2. The number of hydrogen-bond acceptors (Lipinski definition) is 7. The number of amides is 1. The highest BCUT2D eigenvalue weighted by Crippen LogP contribution is 2.30. The fourth-order valence-corrected chi connectivity index (χ4v) is 7.41. The average Bonchev–Trinajstić information content (AvgIpc) is 3.32. The van der Waals surface area contributed by atoms with Crippen molar-refractivity contribution >= 4 is 27.5 Å². The lowest BCUT2D eigenvalue weighted by molar-refractivity contribution is -0.120. The Kier molecular flexibility index (Phi) is 7.11. The molecule has 1 aromatic carbocycles. The lowest BCUT2D eigenvalue weighted by Crippen LogP contribution is -2.47. The number of thioether (sulfide) groups is 1. The zero-order valence-corrected chi connectivity index (χ0v) is 20.6. The Morgan fingerprint density at radius 1 is 1.21 bits per heavy atom. The van der Waals surface area contributed by atoms with E-state index in [-0.39, 0.29) is 35.0 Å². The first kappa shape index (κ1) is 24.2. The normalized spacial score (nSPS) is 24.0. The van der Waals surface area contributed by atoms with Crippen LogP contribution in [0.4, 0.5) is 4.39 Å². The maximum absolute atomic E-state index is 13.6. The summed E-state index contributed by atoms with van der Waals surface area (Å²) in [5.74, 6) is 0.297. The highest BCUT2D eigenvalue weighted by molar-refractivity contribution is 7.99. The Labute approximate surface area is 198 Å². The molecule has 0 bridgehead atoms. The van der Waals surface area contributed by atoms with E-state index in [4.69, 9.17) is 0 Å². The Balaban J connectivity index is 1.53. The third-order valence-electron chi connectivity index (χ3n) is 6.33. The second kappa shape index (κ2) is 9.71. The van der Waals surface area contributed by atoms with Crippen molar-refractivity contribution in [1.82, 2.24) is 25.0 Å². The number of carbonyl (C=O) groups excluding carboxylic acids is 1. The maximum atomic E-state index is 13.6. The van der Waals surface area contributed by atoms with Crippen LogP contribution in [0, 0.1) is 5.82 Å². The summed E-state index contributed by atoms with van der Waals surface area (Å²) in [7, 11) is -3.11. The largest absolute Gasteiger partial charge is 0.349 e. The molecule has 180 valence electrons. The number of benzene rings is 1. The van der Waals surface area contributed by atoms with Gasteiger partial charge >= 0.3 is 0 Å². The molecule has 1 aromatic heterocycles. The topological polar surface area (TPSA) is 97.2 Å². The van der Waals surface area contributed by atoms with Crippen LogP contribution in [0.3, 0.4) is 0 Å². The molecule has 1 N–H and O–H groups in total. The van der Waals surface area contributed by atoms with Gasteiger partial charge < -0.3 is 5.32 Å². The molecule has 2 fully saturated rings. The number of nitrogens with one attached hydrogen (secondary N) is 1.